The van der Waals surface area contributed by atoms with E-state index in [2.05, 4.69) is 29.2 Å². The van der Waals surface area contributed by atoms with Crippen LogP contribution in [0.3, 0.4) is 0 Å². The van der Waals surface area contributed by atoms with Gasteiger partial charge in [-0.1, -0.05) is 26.0 Å². The second kappa shape index (κ2) is 5.83. The van der Waals surface area contributed by atoms with Crippen LogP contribution in [-0.2, 0) is 0 Å². The van der Waals surface area contributed by atoms with Gasteiger partial charge in [-0.2, -0.15) is 5.10 Å². The summed E-state index contributed by atoms with van der Waals surface area (Å²) in [5.41, 5.74) is 5.08. The predicted octanol–water partition coefficient (Wildman–Crippen LogP) is 3.72. The van der Waals surface area contributed by atoms with Gasteiger partial charge in [-0.3, -0.25) is 4.79 Å². The molecule has 5 nitrogen and oxygen atoms in total. The molecular formula is C18H20N4O. The van der Waals surface area contributed by atoms with Crippen molar-refractivity contribution in [3.63, 3.8) is 0 Å². The topological polar surface area (TPSA) is 59.3 Å². The molecule has 2 heterocycles. The Labute approximate surface area is 135 Å². The van der Waals surface area contributed by atoms with Crippen molar-refractivity contribution in [2.45, 2.75) is 33.6 Å². The van der Waals surface area contributed by atoms with Crippen LogP contribution in [0.1, 0.15) is 47.1 Å². The molecule has 3 aromatic rings. The highest BCUT2D eigenvalue weighted by molar-refractivity contribution is 6.03. The van der Waals surface area contributed by atoms with Crippen LogP contribution < -0.4 is 5.32 Å². The fourth-order valence-electron chi connectivity index (χ4n) is 2.54. The van der Waals surface area contributed by atoms with Crippen molar-refractivity contribution in [2.75, 3.05) is 5.32 Å². The molecule has 0 aliphatic rings. The van der Waals surface area contributed by atoms with Crippen LogP contribution in [0, 0.1) is 13.8 Å². The van der Waals surface area contributed by atoms with E-state index < -0.39 is 0 Å². The fourth-order valence-corrected chi connectivity index (χ4v) is 2.54. The minimum atomic E-state index is -0.204. The summed E-state index contributed by atoms with van der Waals surface area (Å²) in [5.74, 6) is 0.0388. The van der Waals surface area contributed by atoms with Crippen molar-refractivity contribution in [3.05, 3.63) is 59.0 Å². The molecule has 0 aliphatic heterocycles. The molecule has 0 unspecified atom stereocenters. The van der Waals surface area contributed by atoms with Crippen LogP contribution in [-0.4, -0.2) is 20.5 Å². The quantitative estimate of drug-likeness (QED) is 0.802. The molecule has 0 spiro atoms. The minimum Gasteiger partial charge on any atom is -0.320 e. The van der Waals surface area contributed by atoms with Crippen LogP contribution in [0.4, 0.5) is 5.69 Å². The van der Waals surface area contributed by atoms with Gasteiger partial charge in [0.2, 0.25) is 0 Å². The number of hydrogen-bond donors (Lipinski definition) is 1. The maximum atomic E-state index is 12.6. The lowest BCUT2D eigenvalue weighted by molar-refractivity contribution is 0.102. The number of nitrogens with zero attached hydrogens (tertiary/aromatic N) is 3. The highest BCUT2D eigenvalue weighted by Crippen LogP contribution is 2.20. The number of carbonyl (C=O) groups excluding carboxylic acids is 1. The third-order valence-corrected chi connectivity index (χ3v) is 4.06. The van der Waals surface area contributed by atoms with Gasteiger partial charge in [0.1, 0.15) is 5.69 Å². The third-order valence-electron chi connectivity index (χ3n) is 4.06. The number of rotatable bonds is 3. The lowest BCUT2D eigenvalue weighted by atomic mass is 10.1. The summed E-state index contributed by atoms with van der Waals surface area (Å²) in [4.78, 5) is 17.0. The Morgan fingerprint density at radius 3 is 2.74 bits per heavy atom. The number of hydrogen-bond acceptors (Lipinski definition) is 3. The maximum absolute atomic E-state index is 12.6. The molecule has 5 heteroatoms. The van der Waals surface area contributed by atoms with Gasteiger partial charge in [-0.05, 0) is 43.0 Å². The first kappa shape index (κ1) is 15.2. The van der Waals surface area contributed by atoms with E-state index in [1.54, 1.807) is 16.8 Å². The van der Waals surface area contributed by atoms with Crippen LogP contribution in [0.25, 0.3) is 5.65 Å². The number of fused-ring (bicyclic) bond motifs is 1. The van der Waals surface area contributed by atoms with E-state index >= 15 is 0 Å². The third kappa shape index (κ3) is 2.82. The van der Waals surface area contributed by atoms with Gasteiger partial charge in [-0.15, -0.1) is 0 Å². The zero-order chi connectivity index (χ0) is 16.6. The molecule has 1 aromatic carbocycles. The molecular weight excluding hydrogens is 288 g/mol. The fraction of sp³-hybridized carbons (Fsp3) is 0.278. The molecule has 0 fully saturated rings. The summed E-state index contributed by atoms with van der Waals surface area (Å²) in [6, 6.07) is 9.48. The van der Waals surface area contributed by atoms with Crippen LogP contribution in [0.15, 0.2) is 36.5 Å². The zero-order valence-corrected chi connectivity index (χ0v) is 13.8. The smallest absolute Gasteiger partial charge is 0.274 e. The van der Waals surface area contributed by atoms with Crippen molar-refractivity contribution in [1.82, 2.24) is 14.6 Å². The zero-order valence-electron chi connectivity index (χ0n) is 13.8. The van der Waals surface area contributed by atoms with Crippen molar-refractivity contribution in [3.8, 4) is 0 Å². The number of aryl methyl sites for hydroxylation is 1. The number of benzene rings is 1. The second-order valence-electron chi connectivity index (χ2n) is 6.02. The summed E-state index contributed by atoms with van der Waals surface area (Å²) in [5, 5.41) is 7.23. The van der Waals surface area contributed by atoms with Crippen molar-refractivity contribution in [2.24, 2.45) is 0 Å². The number of aromatic nitrogens is 3. The SMILES string of the molecule is Cc1cccc(NC(=O)c2cc(C(C)C)n3nccc3n2)c1C. The Hall–Kier alpha value is -2.69. The van der Waals surface area contributed by atoms with Crippen LogP contribution >= 0.6 is 0 Å². The summed E-state index contributed by atoms with van der Waals surface area (Å²) < 4.78 is 1.78. The molecule has 2 aromatic heterocycles. The Morgan fingerprint density at radius 1 is 1.22 bits per heavy atom. The van der Waals surface area contributed by atoms with Crippen LogP contribution in [0.5, 0.6) is 0 Å². The van der Waals surface area contributed by atoms with Gasteiger partial charge < -0.3 is 5.32 Å². The average Bonchev–Trinajstić information content (AvgIpc) is 2.99. The highest BCUT2D eigenvalue weighted by Gasteiger charge is 2.15. The molecule has 1 N–H and O–H groups in total. The van der Waals surface area contributed by atoms with Gasteiger partial charge in [0, 0.05) is 17.4 Å². The Balaban J connectivity index is 1.99. The monoisotopic (exact) mass is 308 g/mol. The number of nitrogens with one attached hydrogen (secondary N) is 1. The number of amides is 1. The first-order chi connectivity index (χ1) is 11.0. The molecule has 0 atom stereocenters. The van der Waals surface area contributed by atoms with Gasteiger partial charge in [0.05, 0.1) is 6.20 Å². The molecule has 118 valence electrons. The second-order valence-corrected chi connectivity index (χ2v) is 6.02. The van der Waals surface area contributed by atoms with E-state index in [9.17, 15) is 4.79 Å². The van der Waals surface area contributed by atoms with E-state index in [1.807, 2.05) is 38.1 Å². The molecule has 0 radical (unpaired) electrons. The van der Waals surface area contributed by atoms with Crippen molar-refractivity contribution >= 4 is 17.2 Å². The maximum Gasteiger partial charge on any atom is 0.274 e. The van der Waals surface area contributed by atoms with E-state index in [1.165, 1.54) is 0 Å². The van der Waals surface area contributed by atoms with Crippen LogP contribution in [0.2, 0.25) is 0 Å². The summed E-state index contributed by atoms with van der Waals surface area (Å²) in [6.45, 7) is 8.17. The molecule has 0 aliphatic carbocycles. The first-order valence-electron chi connectivity index (χ1n) is 7.69. The van der Waals surface area contributed by atoms with E-state index in [0.717, 1.165) is 22.5 Å². The molecule has 0 saturated carbocycles. The Kier molecular flexibility index (Phi) is 3.86. The highest BCUT2D eigenvalue weighted by atomic mass is 16.1. The molecule has 0 saturated heterocycles. The summed E-state index contributed by atoms with van der Waals surface area (Å²) in [6.07, 6.45) is 1.70. The lowest BCUT2D eigenvalue weighted by Crippen LogP contribution is -2.17. The van der Waals surface area contributed by atoms with Gasteiger partial charge >= 0.3 is 0 Å². The standard InChI is InChI=1S/C18H20N4O/c1-11(2)16-10-15(20-17-8-9-19-22(16)17)18(23)21-14-7-5-6-12(3)13(14)4/h5-11H,1-4H3,(H,21,23). The number of carbonyl (C=O) groups is 1. The van der Waals surface area contributed by atoms with E-state index in [4.69, 9.17) is 0 Å². The molecule has 23 heavy (non-hydrogen) atoms. The van der Waals surface area contributed by atoms with Gasteiger partial charge in [-0.25, -0.2) is 9.50 Å². The van der Waals surface area contributed by atoms with Crippen molar-refractivity contribution < 1.29 is 4.79 Å². The van der Waals surface area contributed by atoms with Crippen molar-refractivity contribution in [1.29, 1.82) is 0 Å². The summed E-state index contributed by atoms with van der Waals surface area (Å²) >= 11 is 0. The Bertz CT molecular complexity index is 880. The summed E-state index contributed by atoms with van der Waals surface area (Å²) in [7, 11) is 0. The average molecular weight is 308 g/mol. The Morgan fingerprint density at radius 2 is 2.00 bits per heavy atom. The van der Waals surface area contributed by atoms with Gasteiger partial charge in [0.15, 0.2) is 5.65 Å². The molecule has 1 amide bonds. The minimum absolute atomic E-state index is 0.204. The largest absolute Gasteiger partial charge is 0.320 e. The molecule has 0 bridgehead atoms. The van der Waals surface area contributed by atoms with Gasteiger partial charge in [0.25, 0.3) is 5.91 Å². The lowest BCUT2D eigenvalue weighted by Gasteiger charge is -2.12. The predicted molar refractivity (Wildman–Crippen MR) is 90.9 cm³/mol. The number of anilines is 1. The van der Waals surface area contributed by atoms with E-state index in [0.29, 0.717) is 11.3 Å². The van der Waals surface area contributed by atoms with E-state index in [-0.39, 0.29) is 11.8 Å². The normalized spacial score (nSPS) is 11.2. The molecule has 3 rings (SSSR count). The first-order valence-corrected chi connectivity index (χ1v) is 7.69.